The minimum absolute atomic E-state index is 0. The molecular weight excluding hydrogens is 326 g/mol. The summed E-state index contributed by atoms with van der Waals surface area (Å²) >= 11 is 0. The highest BCUT2D eigenvalue weighted by atomic mass is 35.5. The molecule has 6 heteroatoms. The van der Waals surface area contributed by atoms with Crippen LogP contribution in [0.1, 0.15) is 64.7 Å². The van der Waals surface area contributed by atoms with E-state index in [1.165, 1.54) is 19.3 Å². The smallest absolute Gasteiger partial charge is 0.223 e. The Kier molecular flexibility index (Phi) is 10.3. The molecule has 0 aromatic heterocycles. The monoisotopic (exact) mass is 359 g/mol. The molecule has 2 atom stereocenters. The highest BCUT2D eigenvalue weighted by Crippen LogP contribution is 2.23. The molecule has 2 rings (SSSR count). The number of hydrogen-bond acceptors (Lipinski definition) is 3. The molecule has 2 unspecified atom stereocenters. The third kappa shape index (κ3) is 7.84. The molecule has 1 aliphatic heterocycles. The SMILES string of the molecule is CC(CC(=O)NCCC1CCCNC1)NC(=O)C1CCCCC1.Cl. The lowest BCUT2D eigenvalue weighted by molar-refractivity contribution is -0.127. The van der Waals surface area contributed by atoms with Crippen LogP contribution in [0.15, 0.2) is 0 Å². The van der Waals surface area contributed by atoms with E-state index in [0.717, 1.165) is 51.7 Å². The van der Waals surface area contributed by atoms with Gasteiger partial charge in [0, 0.05) is 24.9 Å². The van der Waals surface area contributed by atoms with E-state index >= 15 is 0 Å². The van der Waals surface area contributed by atoms with Gasteiger partial charge in [0.05, 0.1) is 0 Å². The van der Waals surface area contributed by atoms with Crippen LogP contribution < -0.4 is 16.0 Å². The Bertz CT molecular complexity index is 380. The number of rotatable bonds is 7. The molecule has 140 valence electrons. The molecule has 1 heterocycles. The fourth-order valence-electron chi connectivity index (χ4n) is 3.71. The quantitative estimate of drug-likeness (QED) is 0.653. The molecule has 2 fully saturated rings. The first-order valence-corrected chi connectivity index (χ1v) is 9.43. The first-order valence-electron chi connectivity index (χ1n) is 9.43. The highest BCUT2D eigenvalue weighted by molar-refractivity contribution is 5.85. The van der Waals surface area contributed by atoms with Crippen LogP contribution in [0.2, 0.25) is 0 Å². The fourth-order valence-corrected chi connectivity index (χ4v) is 3.71. The van der Waals surface area contributed by atoms with Gasteiger partial charge in [0.1, 0.15) is 0 Å². The van der Waals surface area contributed by atoms with E-state index in [9.17, 15) is 9.59 Å². The lowest BCUT2D eigenvalue weighted by Crippen LogP contribution is -2.41. The standard InChI is InChI=1S/C18H33N3O2.ClH/c1-14(21-18(23)16-7-3-2-4-8-16)12-17(22)20-11-9-15-6-5-10-19-13-15;/h14-16,19H,2-13H2,1H3,(H,20,22)(H,21,23);1H. The Morgan fingerprint density at radius 2 is 1.88 bits per heavy atom. The van der Waals surface area contributed by atoms with E-state index in [2.05, 4.69) is 16.0 Å². The van der Waals surface area contributed by atoms with E-state index < -0.39 is 0 Å². The Balaban J connectivity index is 0.00000288. The van der Waals surface area contributed by atoms with Crippen LogP contribution in [-0.2, 0) is 9.59 Å². The number of hydrogen-bond donors (Lipinski definition) is 3. The van der Waals surface area contributed by atoms with Crippen LogP contribution in [0.5, 0.6) is 0 Å². The van der Waals surface area contributed by atoms with E-state index in [1.54, 1.807) is 0 Å². The summed E-state index contributed by atoms with van der Waals surface area (Å²) in [7, 11) is 0. The second-order valence-electron chi connectivity index (χ2n) is 7.30. The average molecular weight is 360 g/mol. The van der Waals surface area contributed by atoms with Gasteiger partial charge in [-0.3, -0.25) is 9.59 Å². The summed E-state index contributed by atoms with van der Waals surface area (Å²) in [5.74, 6) is 1.03. The minimum Gasteiger partial charge on any atom is -0.356 e. The fraction of sp³-hybridized carbons (Fsp3) is 0.889. The molecule has 2 amide bonds. The molecule has 2 aliphatic rings. The van der Waals surface area contributed by atoms with E-state index in [4.69, 9.17) is 0 Å². The summed E-state index contributed by atoms with van der Waals surface area (Å²) in [5.41, 5.74) is 0. The van der Waals surface area contributed by atoms with Crippen molar-refractivity contribution >= 4 is 24.2 Å². The van der Waals surface area contributed by atoms with Crippen molar-refractivity contribution in [3.63, 3.8) is 0 Å². The summed E-state index contributed by atoms with van der Waals surface area (Å²) in [4.78, 5) is 24.1. The number of nitrogens with one attached hydrogen (secondary N) is 3. The van der Waals surface area contributed by atoms with Gasteiger partial charge in [0.25, 0.3) is 0 Å². The van der Waals surface area contributed by atoms with Crippen molar-refractivity contribution in [2.75, 3.05) is 19.6 Å². The number of piperidine rings is 1. The van der Waals surface area contributed by atoms with Crippen molar-refractivity contribution in [1.82, 2.24) is 16.0 Å². The van der Waals surface area contributed by atoms with E-state index in [1.807, 2.05) is 6.92 Å². The van der Waals surface area contributed by atoms with Crippen LogP contribution >= 0.6 is 12.4 Å². The van der Waals surface area contributed by atoms with Crippen molar-refractivity contribution in [1.29, 1.82) is 0 Å². The minimum atomic E-state index is -0.0826. The summed E-state index contributed by atoms with van der Waals surface area (Å²) in [6, 6.07) is -0.0826. The molecule has 0 aromatic rings. The summed E-state index contributed by atoms with van der Waals surface area (Å²) in [5, 5.41) is 9.40. The number of amides is 2. The predicted molar refractivity (Wildman–Crippen MR) is 99.3 cm³/mol. The molecule has 1 saturated heterocycles. The molecule has 0 bridgehead atoms. The number of carbonyl (C=O) groups is 2. The third-order valence-electron chi connectivity index (χ3n) is 5.13. The van der Waals surface area contributed by atoms with Crippen molar-refractivity contribution < 1.29 is 9.59 Å². The van der Waals surface area contributed by atoms with Crippen molar-refractivity contribution in [2.24, 2.45) is 11.8 Å². The van der Waals surface area contributed by atoms with Crippen LogP contribution in [0.25, 0.3) is 0 Å². The van der Waals surface area contributed by atoms with Crippen LogP contribution in [-0.4, -0.2) is 37.5 Å². The highest BCUT2D eigenvalue weighted by Gasteiger charge is 2.22. The Labute approximate surface area is 152 Å². The second kappa shape index (κ2) is 11.7. The maximum Gasteiger partial charge on any atom is 0.223 e. The predicted octanol–water partition coefficient (Wildman–Crippen LogP) is 2.39. The maximum absolute atomic E-state index is 12.2. The Morgan fingerprint density at radius 3 is 2.54 bits per heavy atom. The van der Waals surface area contributed by atoms with Crippen LogP contribution in [0.3, 0.4) is 0 Å². The lowest BCUT2D eigenvalue weighted by Gasteiger charge is -2.24. The largest absolute Gasteiger partial charge is 0.356 e. The van der Waals surface area contributed by atoms with E-state index in [0.29, 0.717) is 12.3 Å². The van der Waals surface area contributed by atoms with Gasteiger partial charge in [0.15, 0.2) is 0 Å². The first kappa shape index (κ1) is 21.2. The molecule has 3 N–H and O–H groups in total. The second-order valence-corrected chi connectivity index (χ2v) is 7.30. The van der Waals surface area contributed by atoms with Crippen LogP contribution in [0, 0.1) is 11.8 Å². The van der Waals surface area contributed by atoms with E-state index in [-0.39, 0.29) is 36.2 Å². The maximum atomic E-state index is 12.2. The average Bonchev–Trinajstić information content (AvgIpc) is 2.56. The molecule has 0 radical (unpaired) electrons. The third-order valence-corrected chi connectivity index (χ3v) is 5.13. The lowest BCUT2D eigenvalue weighted by atomic mass is 9.88. The van der Waals surface area contributed by atoms with Crippen LogP contribution in [0.4, 0.5) is 0 Å². The zero-order valence-corrected chi connectivity index (χ0v) is 15.8. The first-order chi connectivity index (χ1) is 11.1. The van der Waals surface area contributed by atoms with Gasteiger partial charge in [-0.15, -0.1) is 12.4 Å². The number of carbonyl (C=O) groups excluding carboxylic acids is 2. The summed E-state index contributed by atoms with van der Waals surface area (Å²) < 4.78 is 0. The van der Waals surface area contributed by atoms with Gasteiger partial charge < -0.3 is 16.0 Å². The summed E-state index contributed by atoms with van der Waals surface area (Å²) in [6.07, 6.45) is 9.48. The van der Waals surface area contributed by atoms with Gasteiger partial charge in [-0.1, -0.05) is 19.3 Å². The number of halogens is 1. The molecule has 0 spiro atoms. The zero-order valence-electron chi connectivity index (χ0n) is 14.9. The van der Waals surface area contributed by atoms with Gasteiger partial charge in [-0.25, -0.2) is 0 Å². The molecule has 24 heavy (non-hydrogen) atoms. The Hall–Kier alpha value is -0.810. The van der Waals surface area contributed by atoms with Gasteiger partial charge >= 0.3 is 0 Å². The van der Waals surface area contributed by atoms with Gasteiger partial charge in [-0.2, -0.15) is 0 Å². The van der Waals surface area contributed by atoms with Crippen molar-refractivity contribution in [2.45, 2.75) is 70.8 Å². The molecule has 5 nitrogen and oxygen atoms in total. The Morgan fingerprint density at radius 1 is 1.12 bits per heavy atom. The topological polar surface area (TPSA) is 70.2 Å². The molecule has 1 saturated carbocycles. The zero-order chi connectivity index (χ0) is 16.5. The van der Waals surface area contributed by atoms with Crippen molar-refractivity contribution in [3.8, 4) is 0 Å². The molecular formula is C18H34ClN3O2. The van der Waals surface area contributed by atoms with Crippen molar-refractivity contribution in [3.05, 3.63) is 0 Å². The molecule has 0 aromatic carbocycles. The summed E-state index contributed by atoms with van der Waals surface area (Å²) in [6.45, 7) is 4.87. The normalized spacial score (nSPS) is 23.0. The van der Waals surface area contributed by atoms with Gasteiger partial charge in [-0.05, 0) is 58.0 Å². The molecule has 1 aliphatic carbocycles. The van der Waals surface area contributed by atoms with Gasteiger partial charge in [0.2, 0.25) is 11.8 Å².